The van der Waals surface area contributed by atoms with Gasteiger partial charge in [-0.2, -0.15) is 18.4 Å². The number of halogens is 3. The maximum atomic E-state index is 12.6. The molecule has 0 fully saturated rings. The molecule has 5 heteroatoms. The van der Waals surface area contributed by atoms with Crippen LogP contribution < -0.4 is 0 Å². The van der Waals surface area contributed by atoms with Crippen molar-refractivity contribution in [1.82, 2.24) is 4.98 Å². The molecule has 1 aromatic carbocycles. The monoisotopic (exact) mass is 250 g/mol. The van der Waals surface area contributed by atoms with Crippen molar-refractivity contribution in [2.24, 2.45) is 0 Å². The third-order valence-electron chi connectivity index (χ3n) is 2.58. The first-order valence-corrected chi connectivity index (χ1v) is 5.19. The van der Waals surface area contributed by atoms with Crippen LogP contribution >= 0.6 is 0 Å². The van der Waals surface area contributed by atoms with Gasteiger partial charge in [0.25, 0.3) is 0 Å². The number of nitrogens with zero attached hydrogens (tertiary/aromatic N) is 1. The lowest BCUT2D eigenvalue weighted by molar-refractivity contribution is -0.140. The largest absolute Gasteiger partial charge is 0.431 e. The summed E-state index contributed by atoms with van der Waals surface area (Å²) in [4.78, 5) is 2.26. The summed E-state index contributed by atoms with van der Waals surface area (Å²) in [6.45, 7) is 1.88. The summed E-state index contributed by atoms with van der Waals surface area (Å²) in [5.74, 6) is 0. The molecule has 0 aliphatic heterocycles. The molecule has 92 valence electrons. The summed E-state index contributed by atoms with van der Waals surface area (Å²) < 4.78 is 37.7. The molecule has 0 amide bonds. The van der Waals surface area contributed by atoms with Gasteiger partial charge in [0, 0.05) is 0 Å². The highest BCUT2D eigenvalue weighted by atomic mass is 19.4. The Morgan fingerprint density at radius 3 is 2.28 bits per heavy atom. The number of aromatic nitrogens is 1. The summed E-state index contributed by atoms with van der Waals surface area (Å²) in [5, 5.41) is 8.88. The van der Waals surface area contributed by atoms with Crippen molar-refractivity contribution in [1.29, 1.82) is 5.26 Å². The number of hydrogen-bond donors (Lipinski definition) is 1. The molecule has 2 rings (SSSR count). The standard InChI is InChI=1S/C13H9F3N2/c1-8-2-4-9(5-3-8)12-10(7-17)6-11(18-12)13(14,15)16/h2-6,18H,1H3. The van der Waals surface area contributed by atoms with E-state index in [9.17, 15) is 13.2 Å². The first-order valence-electron chi connectivity index (χ1n) is 5.19. The molecule has 18 heavy (non-hydrogen) atoms. The Labute approximate surface area is 102 Å². The van der Waals surface area contributed by atoms with Gasteiger partial charge in [0.2, 0.25) is 0 Å². The maximum Gasteiger partial charge on any atom is 0.431 e. The van der Waals surface area contributed by atoms with Gasteiger partial charge in [-0.25, -0.2) is 0 Å². The predicted molar refractivity (Wildman–Crippen MR) is 60.7 cm³/mol. The molecule has 0 spiro atoms. The fourth-order valence-electron chi connectivity index (χ4n) is 1.64. The second kappa shape index (κ2) is 4.22. The van der Waals surface area contributed by atoms with E-state index < -0.39 is 11.9 Å². The third kappa shape index (κ3) is 2.23. The fraction of sp³-hybridized carbons (Fsp3) is 0.154. The van der Waals surface area contributed by atoms with Gasteiger partial charge in [0.15, 0.2) is 0 Å². The minimum atomic E-state index is -4.48. The van der Waals surface area contributed by atoms with Gasteiger partial charge in [0.1, 0.15) is 11.8 Å². The van der Waals surface area contributed by atoms with Crippen LogP contribution in [0.25, 0.3) is 11.3 Å². The van der Waals surface area contributed by atoms with Crippen LogP contribution in [-0.4, -0.2) is 4.98 Å². The Bertz CT molecular complexity index is 601. The molecule has 0 saturated carbocycles. The molecule has 1 N–H and O–H groups in total. The Kier molecular flexibility index (Phi) is 2.87. The molecule has 0 atom stereocenters. The van der Waals surface area contributed by atoms with Crippen LogP contribution in [-0.2, 0) is 6.18 Å². The fourth-order valence-corrected chi connectivity index (χ4v) is 1.64. The quantitative estimate of drug-likeness (QED) is 0.819. The minimum Gasteiger partial charge on any atom is -0.350 e. The van der Waals surface area contributed by atoms with Gasteiger partial charge in [-0.05, 0) is 18.6 Å². The molecule has 0 aliphatic carbocycles. The van der Waals surface area contributed by atoms with Crippen LogP contribution in [0, 0.1) is 18.3 Å². The van der Waals surface area contributed by atoms with E-state index in [1.807, 2.05) is 6.92 Å². The van der Waals surface area contributed by atoms with Gasteiger partial charge in [0.05, 0.1) is 11.3 Å². The lowest BCUT2D eigenvalue weighted by Crippen LogP contribution is -2.04. The van der Waals surface area contributed by atoms with E-state index in [4.69, 9.17) is 5.26 Å². The number of hydrogen-bond acceptors (Lipinski definition) is 1. The number of nitriles is 1. The zero-order valence-electron chi connectivity index (χ0n) is 9.47. The van der Waals surface area contributed by atoms with Crippen LogP contribution in [0.2, 0.25) is 0 Å². The smallest absolute Gasteiger partial charge is 0.350 e. The number of benzene rings is 1. The zero-order valence-corrected chi connectivity index (χ0v) is 9.47. The van der Waals surface area contributed by atoms with Gasteiger partial charge < -0.3 is 4.98 Å². The van der Waals surface area contributed by atoms with Gasteiger partial charge in [-0.3, -0.25) is 0 Å². The van der Waals surface area contributed by atoms with Crippen LogP contribution in [0.5, 0.6) is 0 Å². The number of aromatic amines is 1. The maximum absolute atomic E-state index is 12.6. The Morgan fingerprint density at radius 2 is 1.78 bits per heavy atom. The number of nitrogens with one attached hydrogen (secondary N) is 1. The van der Waals surface area contributed by atoms with E-state index in [1.165, 1.54) is 0 Å². The van der Waals surface area contributed by atoms with Crippen LogP contribution in [0.3, 0.4) is 0 Å². The predicted octanol–water partition coefficient (Wildman–Crippen LogP) is 3.88. The van der Waals surface area contributed by atoms with E-state index in [2.05, 4.69) is 4.98 Å². The molecule has 0 radical (unpaired) electrons. The highest BCUT2D eigenvalue weighted by Crippen LogP contribution is 2.33. The highest BCUT2D eigenvalue weighted by molar-refractivity contribution is 5.68. The molecule has 0 bridgehead atoms. The van der Waals surface area contributed by atoms with Gasteiger partial charge in [-0.15, -0.1) is 0 Å². The van der Waals surface area contributed by atoms with Crippen molar-refractivity contribution in [3.63, 3.8) is 0 Å². The molecule has 1 aromatic heterocycles. The summed E-state index contributed by atoms with van der Waals surface area (Å²) in [7, 11) is 0. The zero-order chi connectivity index (χ0) is 13.3. The van der Waals surface area contributed by atoms with Crippen LogP contribution in [0.1, 0.15) is 16.8 Å². The molecule has 1 heterocycles. The summed E-state index contributed by atoms with van der Waals surface area (Å²) in [6, 6.07) is 9.53. The SMILES string of the molecule is Cc1ccc(-c2[nH]c(C(F)(F)F)cc2C#N)cc1. The molecular formula is C13H9F3N2. The lowest BCUT2D eigenvalue weighted by Gasteiger charge is -2.03. The highest BCUT2D eigenvalue weighted by Gasteiger charge is 2.33. The van der Waals surface area contributed by atoms with Gasteiger partial charge in [-0.1, -0.05) is 29.8 Å². The number of alkyl halides is 3. The van der Waals surface area contributed by atoms with Crippen LogP contribution in [0.15, 0.2) is 30.3 Å². The molecule has 0 unspecified atom stereocenters. The van der Waals surface area contributed by atoms with Crippen molar-refractivity contribution in [3.05, 3.63) is 47.2 Å². The number of aryl methyl sites for hydroxylation is 1. The Morgan fingerprint density at radius 1 is 1.17 bits per heavy atom. The summed E-state index contributed by atoms with van der Waals surface area (Å²) in [6.07, 6.45) is -4.48. The topological polar surface area (TPSA) is 39.6 Å². The van der Waals surface area contributed by atoms with E-state index in [0.29, 0.717) is 5.56 Å². The number of H-pyrrole nitrogens is 1. The van der Waals surface area contributed by atoms with Crippen molar-refractivity contribution in [3.8, 4) is 17.3 Å². The normalized spacial score (nSPS) is 11.3. The second-order valence-corrected chi connectivity index (χ2v) is 3.95. The summed E-state index contributed by atoms with van der Waals surface area (Å²) in [5.41, 5.74) is 0.845. The third-order valence-corrected chi connectivity index (χ3v) is 2.58. The molecule has 2 aromatic rings. The Balaban J connectivity index is 2.54. The lowest BCUT2D eigenvalue weighted by atomic mass is 10.1. The van der Waals surface area contributed by atoms with Crippen molar-refractivity contribution >= 4 is 0 Å². The first-order chi connectivity index (χ1) is 8.41. The van der Waals surface area contributed by atoms with Crippen molar-refractivity contribution < 1.29 is 13.2 Å². The van der Waals surface area contributed by atoms with Crippen LogP contribution in [0.4, 0.5) is 13.2 Å². The van der Waals surface area contributed by atoms with Gasteiger partial charge >= 0.3 is 6.18 Å². The van der Waals surface area contributed by atoms with E-state index >= 15 is 0 Å². The first kappa shape index (κ1) is 12.2. The summed E-state index contributed by atoms with van der Waals surface area (Å²) >= 11 is 0. The molecule has 2 nitrogen and oxygen atoms in total. The molecule has 0 aliphatic rings. The minimum absolute atomic E-state index is 0.00817. The van der Waals surface area contributed by atoms with Crippen molar-refractivity contribution in [2.75, 3.05) is 0 Å². The molecule has 0 saturated heterocycles. The van der Waals surface area contributed by atoms with Crippen molar-refractivity contribution in [2.45, 2.75) is 13.1 Å². The van der Waals surface area contributed by atoms with E-state index in [1.54, 1.807) is 30.3 Å². The van der Waals surface area contributed by atoms with E-state index in [-0.39, 0.29) is 11.3 Å². The van der Waals surface area contributed by atoms with E-state index in [0.717, 1.165) is 11.6 Å². The average Bonchev–Trinajstić information content (AvgIpc) is 2.73. The average molecular weight is 250 g/mol. The second-order valence-electron chi connectivity index (χ2n) is 3.95. The molecular weight excluding hydrogens is 241 g/mol. The number of rotatable bonds is 1. The Hall–Kier alpha value is -2.22.